The molecule has 3 nitrogen and oxygen atoms in total. The maximum absolute atomic E-state index is 5.34. The first kappa shape index (κ1) is 15.2. The highest BCUT2D eigenvalue weighted by atomic mass is 16.5. The fourth-order valence-electron chi connectivity index (χ4n) is 5.48. The fourth-order valence-corrected chi connectivity index (χ4v) is 5.48. The summed E-state index contributed by atoms with van der Waals surface area (Å²) in [5.74, 6) is 4.03. The molecule has 3 heteroatoms. The van der Waals surface area contributed by atoms with Crippen LogP contribution in [0, 0.1) is 17.8 Å². The highest BCUT2D eigenvalue weighted by Gasteiger charge is 2.51. The van der Waals surface area contributed by atoms with Crippen LogP contribution in [0.1, 0.15) is 30.7 Å². The van der Waals surface area contributed by atoms with Crippen molar-refractivity contribution in [2.75, 3.05) is 34.3 Å². The third-order valence-corrected chi connectivity index (χ3v) is 6.58. The van der Waals surface area contributed by atoms with Crippen molar-refractivity contribution in [1.82, 2.24) is 4.90 Å². The van der Waals surface area contributed by atoms with Gasteiger partial charge in [0.25, 0.3) is 0 Å². The van der Waals surface area contributed by atoms with E-state index in [1.807, 2.05) is 0 Å². The normalized spacial score (nSPS) is 37.0. The van der Waals surface area contributed by atoms with Crippen LogP contribution in [0.15, 0.2) is 24.3 Å². The maximum atomic E-state index is 5.34. The lowest BCUT2D eigenvalue weighted by Gasteiger charge is -2.49. The minimum Gasteiger partial charge on any atom is -0.497 e. The van der Waals surface area contributed by atoms with E-state index in [0.29, 0.717) is 5.92 Å². The number of rotatable bonds is 2. The molecule has 1 aromatic rings. The molecule has 0 amide bonds. The van der Waals surface area contributed by atoms with E-state index in [1.54, 1.807) is 7.11 Å². The average molecular weight is 313 g/mol. The molecule has 2 aliphatic heterocycles. The molecule has 4 rings (SSSR count). The molecule has 0 radical (unpaired) electrons. The summed E-state index contributed by atoms with van der Waals surface area (Å²) in [6.07, 6.45) is 6.63. The number of likely N-dealkylation sites (tertiary alicyclic amines) is 1. The van der Waals surface area contributed by atoms with Gasteiger partial charge in [0, 0.05) is 17.9 Å². The number of methoxy groups -OCH3 is 1. The quantitative estimate of drug-likeness (QED) is 0.780. The Balaban J connectivity index is 1.66. The lowest BCUT2D eigenvalue weighted by Crippen LogP contribution is -2.52. The second kappa shape index (κ2) is 5.94. The van der Waals surface area contributed by atoms with Crippen LogP contribution >= 0.6 is 0 Å². The van der Waals surface area contributed by atoms with E-state index >= 15 is 0 Å². The lowest BCUT2D eigenvalue weighted by molar-refractivity contribution is -0.490. The van der Waals surface area contributed by atoms with Gasteiger partial charge in [0.05, 0.1) is 7.11 Å². The van der Waals surface area contributed by atoms with Gasteiger partial charge < -0.3 is 9.64 Å². The molecule has 0 spiro atoms. The zero-order valence-corrected chi connectivity index (χ0v) is 14.6. The van der Waals surface area contributed by atoms with Gasteiger partial charge in [-0.3, -0.25) is 0 Å². The largest absolute Gasteiger partial charge is 0.497 e. The summed E-state index contributed by atoms with van der Waals surface area (Å²) in [5, 5.41) is 0. The van der Waals surface area contributed by atoms with Crippen molar-refractivity contribution < 1.29 is 9.31 Å². The van der Waals surface area contributed by atoms with Gasteiger partial charge >= 0.3 is 0 Å². The number of hydrogen-bond donors (Lipinski definition) is 0. The molecular weight excluding hydrogens is 284 g/mol. The third-order valence-electron chi connectivity index (χ3n) is 6.58. The van der Waals surface area contributed by atoms with Gasteiger partial charge in [0.2, 0.25) is 0 Å². The molecule has 0 N–H and O–H groups in total. The molecular formula is C20H29N2O+. The van der Waals surface area contributed by atoms with E-state index in [9.17, 15) is 0 Å². The average Bonchev–Trinajstić information content (AvgIpc) is 2.96. The second-order valence-corrected chi connectivity index (χ2v) is 7.80. The molecule has 1 saturated heterocycles. The van der Waals surface area contributed by atoms with E-state index in [4.69, 9.17) is 4.74 Å². The molecule has 5 unspecified atom stereocenters. The summed E-state index contributed by atoms with van der Waals surface area (Å²) in [4.78, 5) is 2.63. The van der Waals surface area contributed by atoms with Crippen molar-refractivity contribution in [2.45, 2.75) is 31.2 Å². The van der Waals surface area contributed by atoms with Crippen LogP contribution < -0.4 is 4.74 Å². The van der Waals surface area contributed by atoms with Crippen LogP contribution in [0.3, 0.4) is 0 Å². The Kier molecular flexibility index (Phi) is 3.92. The standard InChI is InChI=1S/C20H29N2O/c1-21-12-18-16-5-4-10-22(2)20(16)11-17(19(18)13-21)14-6-8-15(23-3)9-7-14/h6-9,12,16-20H,4-5,10-11,13H2,1-3H3/q+1. The number of benzene rings is 1. The lowest BCUT2D eigenvalue weighted by atomic mass is 9.61. The molecule has 1 aliphatic carbocycles. The Morgan fingerprint density at radius 2 is 1.96 bits per heavy atom. The molecule has 0 bridgehead atoms. The molecule has 2 heterocycles. The molecule has 3 aliphatic rings. The van der Waals surface area contributed by atoms with Crippen molar-refractivity contribution >= 4 is 6.21 Å². The first-order valence-corrected chi connectivity index (χ1v) is 9.07. The number of ether oxygens (including phenoxy) is 1. The van der Waals surface area contributed by atoms with E-state index in [0.717, 1.165) is 29.5 Å². The van der Waals surface area contributed by atoms with Gasteiger partial charge in [-0.1, -0.05) is 12.1 Å². The molecule has 5 atom stereocenters. The smallest absolute Gasteiger partial charge is 0.146 e. The Hall–Kier alpha value is -1.35. The number of hydrogen-bond acceptors (Lipinski definition) is 2. The summed E-state index contributed by atoms with van der Waals surface area (Å²) >= 11 is 0. The van der Waals surface area contributed by atoms with E-state index in [-0.39, 0.29) is 0 Å². The Morgan fingerprint density at radius 3 is 2.70 bits per heavy atom. The van der Waals surface area contributed by atoms with E-state index in [2.05, 4.69) is 54.1 Å². The number of fused-ring (bicyclic) bond motifs is 3. The third kappa shape index (κ3) is 2.59. The van der Waals surface area contributed by atoms with Crippen LogP contribution in [0.25, 0.3) is 0 Å². The van der Waals surface area contributed by atoms with Crippen molar-refractivity contribution in [3.05, 3.63) is 29.8 Å². The van der Waals surface area contributed by atoms with Crippen molar-refractivity contribution in [1.29, 1.82) is 0 Å². The summed E-state index contributed by atoms with van der Waals surface area (Å²) in [6, 6.07) is 9.59. The predicted molar refractivity (Wildman–Crippen MR) is 93.6 cm³/mol. The Bertz CT molecular complexity index is 594. The van der Waals surface area contributed by atoms with Crippen LogP contribution in [0.5, 0.6) is 5.75 Å². The van der Waals surface area contributed by atoms with Gasteiger partial charge in [-0.2, -0.15) is 0 Å². The van der Waals surface area contributed by atoms with Crippen LogP contribution in [-0.4, -0.2) is 56.0 Å². The summed E-state index contributed by atoms with van der Waals surface area (Å²) in [5.41, 5.74) is 1.50. The van der Waals surface area contributed by atoms with Crippen molar-refractivity contribution in [3.63, 3.8) is 0 Å². The van der Waals surface area contributed by atoms with Gasteiger partial charge in [-0.15, -0.1) is 0 Å². The molecule has 23 heavy (non-hydrogen) atoms. The molecule has 1 aromatic carbocycles. The van der Waals surface area contributed by atoms with Gasteiger partial charge in [-0.05, 0) is 62.4 Å². The van der Waals surface area contributed by atoms with Crippen LogP contribution in [0.4, 0.5) is 0 Å². The van der Waals surface area contributed by atoms with Crippen molar-refractivity contribution in [3.8, 4) is 5.75 Å². The van der Waals surface area contributed by atoms with Crippen molar-refractivity contribution in [2.24, 2.45) is 17.8 Å². The van der Waals surface area contributed by atoms with Gasteiger partial charge in [-0.25, -0.2) is 4.58 Å². The Labute approximate surface area is 140 Å². The monoisotopic (exact) mass is 313 g/mol. The SMILES string of the molecule is COc1ccc(C2CC3C(CCCN3C)C3C=[N+](C)CC23)cc1. The zero-order valence-electron chi connectivity index (χ0n) is 14.6. The van der Waals surface area contributed by atoms with Gasteiger partial charge in [0.1, 0.15) is 25.6 Å². The topological polar surface area (TPSA) is 15.5 Å². The minimum absolute atomic E-state index is 0.675. The highest BCUT2D eigenvalue weighted by Crippen LogP contribution is 2.49. The molecule has 1 saturated carbocycles. The fraction of sp³-hybridized carbons (Fsp3) is 0.650. The summed E-state index contributed by atoms with van der Waals surface area (Å²) in [6.45, 7) is 2.48. The second-order valence-electron chi connectivity index (χ2n) is 7.80. The zero-order chi connectivity index (χ0) is 16.0. The molecule has 0 aromatic heterocycles. The summed E-state index contributed by atoms with van der Waals surface area (Å²) < 4.78 is 7.79. The summed E-state index contributed by atoms with van der Waals surface area (Å²) in [7, 11) is 6.33. The van der Waals surface area contributed by atoms with Crippen LogP contribution in [-0.2, 0) is 0 Å². The number of nitrogens with zero attached hydrogens (tertiary/aromatic N) is 2. The first-order valence-electron chi connectivity index (χ1n) is 9.07. The molecule has 2 fully saturated rings. The maximum Gasteiger partial charge on any atom is 0.146 e. The highest BCUT2D eigenvalue weighted by molar-refractivity contribution is 5.59. The first-order chi connectivity index (χ1) is 11.2. The van der Waals surface area contributed by atoms with Gasteiger partial charge in [0.15, 0.2) is 0 Å². The minimum atomic E-state index is 0.675. The Morgan fingerprint density at radius 1 is 1.17 bits per heavy atom. The number of piperidine rings is 1. The van der Waals surface area contributed by atoms with E-state index in [1.165, 1.54) is 37.9 Å². The predicted octanol–water partition coefficient (Wildman–Crippen LogP) is 2.85. The van der Waals surface area contributed by atoms with E-state index < -0.39 is 0 Å². The van der Waals surface area contributed by atoms with Crippen LogP contribution in [0.2, 0.25) is 0 Å². The molecule has 124 valence electrons.